The quantitative estimate of drug-likeness (QED) is 0.859. The molecule has 5 heteroatoms. The third-order valence-corrected chi connectivity index (χ3v) is 2.40. The zero-order chi connectivity index (χ0) is 12.1. The molecule has 1 amide bonds. The van der Waals surface area contributed by atoms with E-state index in [1.165, 1.54) is 0 Å². The Labute approximate surface area is 99.5 Å². The van der Waals surface area contributed by atoms with Gasteiger partial charge in [0.2, 0.25) is 0 Å². The molecule has 0 aliphatic carbocycles. The zero-order valence-corrected chi connectivity index (χ0v) is 9.63. The lowest BCUT2D eigenvalue weighted by Crippen LogP contribution is -2.26. The van der Waals surface area contributed by atoms with Crippen molar-refractivity contribution in [1.29, 1.82) is 0 Å². The number of carbonyl (C=O) groups excluding carboxylic acids is 1. The number of hydrogen-bond acceptors (Lipinski definition) is 3. The molecule has 0 bridgehead atoms. The molecule has 2 aromatic rings. The van der Waals surface area contributed by atoms with Crippen molar-refractivity contribution >= 4 is 5.91 Å². The Morgan fingerprint density at radius 2 is 2.24 bits per heavy atom. The van der Waals surface area contributed by atoms with Crippen molar-refractivity contribution in [2.45, 2.75) is 20.0 Å². The van der Waals surface area contributed by atoms with Crippen LogP contribution in [0.15, 0.2) is 36.7 Å². The second-order valence-electron chi connectivity index (χ2n) is 3.54. The highest BCUT2D eigenvalue weighted by Crippen LogP contribution is 1.99. The van der Waals surface area contributed by atoms with Gasteiger partial charge in [-0.3, -0.25) is 14.5 Å². The fourth-order valence-corrected chi connectivity index (χ4v) is 1.54. The van der Waals surface area contributed by atoms with E-state index in [1.54, 1.807) is 23.1 Å². The lowest BCUT2D eigenvalue weighted by atomic mass is 10.3. The van der Waals surface area contributed by atoms with Crippen molar-refractivity contribution in [2.24, 2.45) is 0 Å². The third kappa shape index (κ3) is 2.69. The molecule has 1 N–H and O–H groups in total. The van der Waals surface area contributed by atoms with E-state index in [2.05, 4.69) is 15.4 Å². The standard InChI is InChI=1S/C12H14N4O/c1-2-16-11(6-8-15-16)12(17)14-9-10-5-3-4-7-13-10/h3-8H,2,9H2,1H3,(H,14,17). The Bertz CT molecular complexity index is 492. The van der Waals surface area contributed by atoms with Crippen LogP contribution in [0.3, 0.4) is 0 Å². The van der Waals surface area contributed by atoms with E-state index >= 15 is 0 Å². The SMILES string of the molecule is CCn1nccc1C(=O)NCc1ccccn1. The van der Waals surface area contributed by atoms with Gasteiger partial charge in [0.15, 0.2) is 0 Å². The van der Waals surface area contributed by atoms with E-state index in [9.17, 15) is 4.79 Å². The molecule has 0 fully saturated rings. The maximum atomic E-state index is 11.9. The number of amides is 1. The first-order chi connectivity index (χ1) is 8.31. The second kappa shape index (κ2) is 5.25. The highest BCUT2D eigenvalue weighted by molar-refractivity contribution is 5.92. The Morgan fingerprint density at radius 1 is 1.35 bits per heavy atom. The van der Waals surface area contributed by atoms with Crippen molar-refractivity contribution in [1.82, 2.24) is 20.1 Å². The second-order valence-corrected chi connectivity index (χ2v) is 3.54. The summed E-state index contributed by atoms with van der Waals surface area (Å²) < 4.78 is 1.66. The van der Waals surface area contributed by atoms with E-state index in [1.807, 2.05) is 25.1 Å². The number of carbonyl (C=O) groups is 1. The zero-order valence-electron chi connectivity index (χ0n) is 9.63. The molecule has 0 spiro atoms. The summed E-state index contributed by atoms with van der Waals surface area (Å²) in [6.45, 7) is 3.05. The lowest BCUT2D eigenvalue weighted by Gasteiger charge is -2.06. The summed E-state index contributed by atoms with van der Waals surface area (Å²) in [6.07, 6.45) is 3.33. The first kappa shape index (κ1) is 11.3. The van der Waals surface area contributed by atoms with Crippen LogP contribution in [0.4, 0.5) is 0 Å². The Kier molecular flexibility index (Phi) is 3.49. The van der Waals surface area contributed by atoms with Gasteiger partial charge in [-0.15, -0.1) is 0 Å². The monoisotopic (exact) mass is 230 g/mol. The topological polar surface area (TPSA) is 59.8 Å². The van der Waals surface area contributed by atoms with Crippen LogP contribution < -0.4 is 5.32 Å². The number of rotatable bonds is 4. The predicted molar refractivity (Wildman–Crippen MR) is 63.3 cm³/mol. The summed E-state index contributed by atoms with van der Waals surface area (Å²) in [5, 5.41) is 6.86. The van der Waals surface area contributed by atoms with Gasteiger partial charge in [-0.1, -0.05) is 6.07 Å². The minimum absolute atomic E-state index is 0.130. The van der Waals surface area contributed by atoms with Gasteiger partial charge in [0.25, 0.3) is 5.91 Å². The number of aryl methyl sites for hydroxylation is 1. The molecule has 0 aromatic carbocycles. The van der Waals surface area contributed by atoms with Crippen LogP contribution in [-0.2, 0) is 13.1 Å². The summed E-state index contributed by atoms with van der Waals surface area (Å²) in [4.78, 5) is 16.0. The molecular weight excluding hydrogens is 216 g/mol. The highest BCUT2D eigenvalue weighted by atomic mass is 16.2. The maximum Gasteiger partial charge on any atom is 0.269 e. The minimum Gasteiger partial charge on any atom is -0.345 e. The van der Waals surface area contributed by atoms with Gasteiger partial charge in [-0.05, 0) is 25.1 Å². The fourth-order valence-electron chi connectivity index (χ4n) is 1.54. The van der Waals surface area contributed by atoms with Crippen LogP contribution in [0.5, 0.6) is 0 Å². The van der Waals surface area contributed by atoms with Gasteiger partial charge in [-0.25, -0.2) is 0 Å². The van der Waals surface area contributed by atoms with Crippen LogP contribution >= 0.6 is 0 Å². The lowest BCUT2D eigenvalue weighted by molar-refractivity contribution is 0.0939. The minimum atomic E-state index is -0.130. The van der Waals surface area contributed by atoms with Crippen LogP contribution in [-0.4, -0.2) is 20.7 Å². The molecule has 0 aliphatic rings. The van der Waals surface area contributed by atoms with Crippen LogP contribution in [0, 0.1) is 0 Å². The van der Waals surface area contributed by atoms with E-state index in [4.69, 9.17) is 0 Å². The Balaban J connectivity index is 1.98. The molecule has 88 valence electrons. The molecule has 0 saturated carbocycles. The first-order valence-electron chi connectivity index (χ1n) is 5.51. The van der Waals surface area contributed by atoms with E-state index in [0.29, 0.717) is 18.8 Å². The van der Waals surface area contributed by atoms with Gasteiger partial charge in [0.05, 0.1) is 12.2 Å². The number of nitrogens with zero attached hydrogens (tertiary/aromatic N) is 3. The van der Waals surface area contributed by atoms with Gasteiger partial charge >= 0.3 is 0 Å². The predicted octanol–water partition coefficient (Wildman–Crippen LogP) is 1.23. The molecule has 2 aromatic heterocycles. The smallest absolute Gasteiger partial charge is 0.269 e. The largest absolute Gasteiger partial charge is 0.345 e. The van der Waals surface area contributed by atoms with Crippen LogP contribution in [0.2, 0.25) is 0 Å². The average molecular weight is 230 g/mol. The Hall–Kier alpha value is -2.17. The van der Waals surface area contributed by atoms with Crippen molar-refractivity contribution in [3.8, 4) is 0 Å². The summed E-state index contributed by atoms with van der Waals surface area (Å²) in [5.74, 6) is -0.130. The van der Waals surface area contributed by atoms with E-state index in [0.717, 1.165) is 5.69 Å². The number of hydrogen-bond donors (Lipinski definition) is 1. The van der Waals surface area contributed by atoms with Crippen LogP contribution in [0.25, 0.3) is 0 Å². The van der Waals surface area contributed by atoms with E-state index < -0.39 is 0 Å². The molecular formula is C12H14N4O. The van der Waals surface area contributed by atoms with Gasteiger partial charge in [0.1, 0.15) is 5.69 Å². The van der Waals surface area contributed by atoms with Crippen molar-refractivity contribution in [3.63, 3.8) is 0 Å². The van der Waals surface area contributed by atoms with Gasteiger partial charge in [-0.2, -0.15) is 5.10 Å². The van der Waals surface area contributed by atoms with Crippen molar-refractivity contribution in [3.05, 3.63) is 48.0 Å². The maximum absolute atomic E-state index is 11.9. The molecule has 2 rings (SSSR count). The first-order valence-corrected chi connectivity index (χ1v) is 5.51. The fraction of sp³-hybridized carbons (Fsp3) is 0.250. The third-order valence-electron chi connectivity index (χ3n) is 2.40. The summed E-state index contributed by atoms with van der Waals surface area (Å²) in [6, 6.07) is 7.32. The summed E-state index contributed by atoms with van der Waals surface area (Å²) in [5.41, 5.74) is 1.41. The molecule has 0 aliphatic heterocycles. The molecule has 0 saturated heterocycles. The molecule has 5 nitrogen and oxygen atoms in total. The molecule has 0 radical (unpaired) electrons. The molecule has 17 heavy (non-hydrogen) atoms. The average Bonchev–Trinajstić information content (AvgIpc) is 2.85. The molecule has 2 heterocycles. The van der Waals surface area contributed by atoms with Crippen molar-refractivity contribution in [2.75, 3.05) is 0 Å². The number of nitrogens with one attached hydrogen (secondary N) is 1. The van der Waals surface area contributed by atoms with Crippen LogP contribution in [0.1, 0.15) is 23.1 Å². The molecule has 0 unspecified atom stereocenters. The number of pyridine rings is 1. The molecule has 0 atom stereocenters. The normalized spacial score (nSPS) is 10.2. The Morgan fingerprint density at radius 3 is 2.94 bits per heavy atom. The summed E-state index contributed by atoms with van der Waals surface area (Å²) >= 11 is 0. The van der Waals surface area contributed by atoms with Gasteiger partial charge in [0, 0.05) is 18.9 Å². The highest BCUT2D eigenvalue weighted by Gasteiger charge is 2.10. The van der Waals surface area contributed by atoms with Crippen molar-refractivity contribution < 1.29 is 4.79 Å². The van der Waals surface area contributed by atoms with E-state index in [-0.39, 0.29) is 5.91 Å². The summed E-state index contributed by atoms with van der Waals surface area (Å²) in [7, 11) is 0. The van der Waals surface area contributed by atoms with Gasteiger partial charge < -0.3 is 5.32 Å². The number of aromatic nitrogens is 3.